The summed E-state index contributed by atoms with van der Waals surface area (Å²) in [4.78, 5) is 11.8. The van der Waals surface area contributed by atoms with Gasteiger partial charge in [-0.05, 0) is 35.7 Å². The van der Waals surface area contributed by atoms with Crippen molar-refractivity contribution in [2.24, 2.45) is 0 Å². The molecule has 1 heterocycles. The zero-order valence-electron chi connectivity index (χ0n) is 14.3. The standard InChI is InChI=1S/C17H17ClN2O5S2/c1-26(22,23)19-17(21)13-6-7-15(18)16(10-13)27(24,25)20-9-8-12-4-2-3-5-14(12)11-20/h2-7,10H,8-9,11H2,1H3,(H,19,21). The van der Waals surface area contributed by atoms with Crippen molar-refractivity contribution in [3.05, 3.63) is 64.2 Å². The highest BCUT2D eigenvalue weighted by Gasteiger charge is 2.30. The van der Waals surface area contributed by atoms with Crippen LogP contribution in [0.5, 0.6) is 0 Å². The lowest BCUT2D eigenvalue weighted by molar-refractivity contribution is 0.0981. The van der Waals surface area contributed by atoms with E-state index < -0.39 is 26.0 Å². The highest BCUT2D eigenvalue weighted by molar-refractivity contribution is 7.89. The quantitative estimate of drug-likeness (QED) is 0.799. The molecule has 0 atom stereocenters. The van der Waals surface area contributed by atoms with E-state index in [0.29, 0.717) is 6.42 Å². The van der Waals surface area contributed by atoms with Crippen molar-refractivity contribution in [3.63, 3.8) is 0 Å². The van der Waals surface area contributed by atoms with Crippen LogP contribution in [0.25, 0.3) is 0 Å². The molecule has 2 aromatic carbocycles. The summed E-state index contributed by atoms with van der Waals surface area (Å²) in [6.45, 7) is 0.490. The first-order valence-electron chi connectivity index (χ1n) is 7.96. The minimum atomic E-state index is -3.96. The van der Waals surface area contributed by atoms with Gasteiger partial charge in [0.2, 0.25) is 20.0 Å². The van der Waals surface area contributed by atoms with Crippen LogP contribution in [0.1, 0.15) is 21.5 Å². The van der Waals surface area contributed by atoms with Crippen LogP contribution in [0.15, 0.2) is 47.4 Å². The van der Waals surface area contributed by atoms with Gasteiger partial charge < -0.3 is 0 Å². The summed E-state index contributed by atoms with van der Waals surface area (Å²) in [6, 6.07) is 11.2. The molecule has 7 nitrogen and oxygen atoms in total. The fraction of sp³-hybridized carbons (Fsp3) is 0.235. The fourth-order valence-corrected chi connectivity index (χ4v) is 5.26. The van der Waals surface area contributed by atoms with Crippen molar-refractivity contribution in [2.75, 3.05) is 12.8 Å². The first-order chi connectivity index (χ1) is 12.6. The summed E-state index contributed by atoms with van der Waals surface area (Å²) in [5.41, 5.74) is 1.89. The Balaban J connectivity index is 1.95. The molecule has 144 valence electrons. The number of fused-ring (bicyclic) bond motifs is 1. The van der Waals surface area contributed by atoms with E-state index >= 15 is 0 Å². The molecule has 3 rings (SSSR count). The van der Waals surface area contributed by atoms with Gasteiger partial charge >= 0.3 is 0 Å². The number of nitrogens with zero attached hydrogens (tertiary/aromatic N) is 1. The average molecular weight is 429 g/mol. The van der Waals surface area contributed by atoms with Gasteiger partial charge in [-0.2, -0.15) is 4.31 Å². The van der Waals surface area contributed by atoms with Gasteiger partial charge in [-0.25, -0.2) is 21.6 Å². The SMILES string of the molecule is CS(=O)(=O)NC(=O)c1ccc(Cl)c(S(=O)(=O)N2CCc3ccccc3C2)c1. The van der Waals surface area contributed by atoms with E-state index in [0.717, 1.165) is 23.4 Å². The van der Waals surface area contributed by atoms with E-state index in [1.807, 2.05) is 29.0 Å². The van der Waals surface area contributed by atoms with Gasteiger partial charge in [-0.1, -0.05) is 35.9 Å². The molecule has 27 heavy (non-hydrogen) atoms. The lowest BCUT2D eigenvalue weighted by atomic mass is 10.0. The lowest BCUT2D eigenvalue weighted by Crippen LogP contribution is -2.36. The normalized spacial score (nSPS) is 15.2. The predicted molar refractivity (Wildman–Crippen MR) is 102 cm³/mol. The summed E-state index contributed by atoms with van der Waals surface area (Å²) in [5, 5.41) is -0.0373. The molecule has 1 amide bonds. The Morgan fingerprint density at radius 2 is 1.74 bits per heavy atom. The van der Waals surface area contributed by atoms with E-state index in [1.165, 1.54) is 16.4 Å². The Morgan fingerprint density at radius 1 is 1.07 bits per heavy atom. The van der Waals surface area contributed by atoms with Gasteiger partial charge in [-0.3, -0.25) is 4.79 Å². The Morgan fingerprint density at radius 3 is 2.41 bits per heavy atom. The molecule has 0 saturated heterocycles. The van der Waals surface area contributed by atoms with Crippen LogP contribution < -0.4 is 4.72 Å². The van der Waals surface area contributed by atoms with E-state index in [1.54, 1.807) is 0 Å². The second-order valence-electron chi connectivity index (χ2n) is 6.21. The maximum Gasteiger partial charge on any atom is 0.264 e. The minimum Gasteiger partial charge on any atom is -0.268 e. The number of benzene rings is 2. The van der Waals surface area contributed by atoms with Crippen LogP contribution in [0.3, 0.4) is 0 Å². The number of halogens is 1. The minimum absolute atomic E-state index is 0.0373. The highest BCUT2D eigenvalue weighted by Crippen LogP contribution is 2.29. The second kappa shape index (κ2) is 7.23. The van der Waals surface area contributed by atoms with Gasteiger partial charge in [0.1, 0.15) is 4.90 Å². The topological polar surface area (TPSA) is 101 Å². The molecule has 0 aliphatic carbocycles. The Labute approximate surface area is 163 Å². The largest absolute Gasteiger partial charge is 0.268 e. The number of nitrogens with one attached hydrogen (secondary N) is 1. The number of hydrogen-bond acceptors (Lipinski definition) is 5. The van der Waals surface area contributed by atoms with Crippen molar-refractivity contribution in [3.8, 4) is 0 Å². The number of hydrogen-bond donors (Lipinski definition) is 1. The molecule has 0 unspecified atom stereocenters. The average Bonchev–Trinajstić information content (AvgIpc) is 2.60. The maximum atomic E-state index is 13.1. The molecule has 0 fully saturated rings. The van der Waals surface area contributed by atoms with Crippen molar-refractivity contribution in [2.45, 2.75) is 17.9 Å². The summed E-state index contributed by atoms with van der Waals surface area (Å²) in [7, 11) is -7.74. The third-order valence-corrected chi connectivity index (χ3v) is 7.07. The number of sulfonamides is 2. The lowest BCUT2D eigenvalue weighted by Gasteiger charge is -2.28. The van der Waals surface area contributed by atoms with Crippen LogP contribution in [0, 0.1) is 0 Å². The van der Waals surface area contributed by atoms with Crippen LogP contribution in [0.2, 0.25) is 5.02 Å². The molecule has 0 radical (unpaired) electrons. The van der Waals surface area contributed by atoms with Crippen LogP contribution >= 0.6 is 11.6 Å². The smallest absolute Gasteiger partial charge is 0.264 e. The molecular formula is C17H17ClN2O5S2. The molecule has 0 aromatic heterocycles. The first kappa shape index (κ1) is 19.8. The highest BCUT2D eigenvalue weighted by atomic mass is 35.5. The molecule has 0 saturated carbocycles. The third kappa shape index (κ3) is 4.32. The molecule has 1 aliphatic rings. The third-order valence-electron chi connectivity index (χ3n) is 4.18. The molecule has 1 N–H and O–H groups in total. The van der Waals surface area contributed by atoms with Gasteiger partial charge in [-0.15, -0.1) is 0 Å². The van der Waals surface area contributed by atoms with Gasteiger partial charge in [0, 0.05) is 18.7 Å². The number of carbonyl (C=O) groups excluding carboxylic acids is 1. The molecule has 1 aliphatic heterocycles. The predicted octanol–water partition coefficient (Wildman–Crippen LogP) is 1.78. The van der Waals surface area contributed by atoms with Crippen LogP contribution in [-0.2, 0) is 33.0 Å². The fourth-order valence-electron chi connectivity index (χ4n) is 2.88. The Kier molecular flexibility index (Phi) is 5.31. The molecule has 0 spiro atoms. The van der Waals surface area contributed by atoms with E-state index in [-0.39, 0.29) is 28.6 Å². The van der Waals surface area contributed by atoms with Gasteiger partial charge in [0.25, 0.3) is 5.91 Å². The van der Waals surface area contributed by atoms with Crippen molar-refractivity contribution < 1.29 is 21.6 Å². The second-order valence-corrected chi connectivity index (χ2v) is 10.3. The van der Waals surface area contributed by atoms with E-state index in [9.17, 15) is 21.6 Å². The zero-order valence-corrected chi connectivity index (χ0v) is 16.7. The Hall–Kier alpha value is -1.94. The number of rotatable bonds is 4. The monoisotopic (exact) mass is 428 g/mol. The number of carbonyl (C=O) groups is 1. The van der Waals surface area contributed by atoms with Crippen LogP contribution in [0.4, 0.5) is 0 Å². The molecular weight excluding hydrogens is 412 g/mol. The van der Waals surface area contributed by atoms with Gasteiger partial charge in [0.05, 0.1) is 11.3 Å². The summed E-state index contributed by atoms with van der Waals surface area (Å²) in [5.74, 6) is -0.922. The van der Waals surface area contributed by atoms with E-state index in [4.69, 9.17) is 11.6 Å². The van der Waals surface area contributed by atoms with Crippen LogP contribution in [-0.4, -0.2) is 39.8 Å². The van der Waals surface area contributed by atoms with Crippen molar-refractivity contribution in [1.82, 2.24) is 9.03 Å². The molecule has 2 aromatic rings. The number of amides is 1. The molecule has 0 bridgehead atoms. The maximum absolute atomic E-state index is 13.1. The van der Waals surface area contributed by atoms with Crippen molar-refractivity contribution in [1.29, 1.82) is 0 Å². The summed E-state index contributed by atoms with van der Waals surface area (Å²) < 4.78 is 51.7. The first-order valence-corrected chi connectivity index (χ1v) is 11.7. The molecule has 10 heteroatoms. The van der Waals surface area contributed by atoms with Crippen molar-refractivity contribution >= 4 is 37.6 Å². The van der Waals surface area contributed by atoms with Gasteiger partial charge in [0.15, 0.2) is 0 Å². The zero-order chi connectivity index (χ0) is 19.8. The Bertz CT molecular complexity index is 1110. The summed E-state index contributed by atoms with van der Waals surface area (Å²) in [6.07, 6.45) is 1.41. The van der Waals surface area contributed by atoms with E-state index in [2.05, 4.69) is 0 Å². The summed E-state index contributed by atoms with van der Waals surface area (Å²) >= 11 is 6.08.